The van der Waals surface area contributed by atoms with Crippen LogP contribution in [0.2, 0.25) is 0 Å². The lowest BCUT2D eigenvalue weighted by Crippen LogP contribution is -2.17. The number of H-pyrrole nitrogens is 1. The Labute approximate surface area is 154 Å². The lowest BCUT2D eigenvalue weighted by atomic mass is 10.1. The van der Waals surface area contributed by atoms with Crippen LogP contribution >= 0.6 is 11.3 Å². The number of hydrogen-bond donors (Lipinski definition) is 1. The van der Waals surface area contributed by atoms with E-state index in [0.29, 0.717) is 28.2 Å². The lowest BCUT2D eigenvalue weighted by molar-refractivity contribution is -0.148. The molecule has 7 nitrogen and oxygen atoms in total. The number of rotatable bonds is 5. The van der Waals surface area contributed by atoms with Crippen LogP contribution in [0.15, 0.2) is 9.32 Å². The summed E-state index contributed by atoms with van der Waals surface area (Å²) < 4.78 is 10.5. The largest absolute Gasteiger partial charge is 0.454 e. The van der Waals surface area contributed by atoms with E-state index < -0.39 is 6.10 Å². The van der Waals surface area contributed by atoms with E-state index in [0.717, 1.165) is 21.7 Å². The number of nitrogens with zero attached hydrogens (tertiary/aromatic N) is 2. The molecule has 3 rings (SSSR count). The summed E-state index contributed by atoms with van der Waals surface area (Å²) in [4.78, 5) is 33.4. The van der Waals surface area contributed by atoms with Gasteiger partial charge in [0.2, 0.25) is 0 Å². The molecule has 0 radical (unpaired) electrons. The predicted octanol–water partition coefficient (Wildman–Crippen LogP) is 3.44. The average Bonchev–Trinajstić information content (AvgIpc) is 3.05. The Morgan fingerprint density at radius 1 is 1.31 bits per heavy atom. The molecule has 3 heterocycles. The number of carbonyl (C=O) groups is 1. The Morgan fingerprint density at radius 3 is 2.69 bits per heavy atom. The van der Waals surface area contributed by atoms with Gasteiger partial charge in [-0.1, -0.05) is 5.16 Å². The molecule has 0 aliphatic carbocycles. The number of aromatic amines is 1. The zero-order valence-electron chi connectivity index (χ0n) is 15.4. The Hall–Kier alpha value is -2.48. The van der Waals surface area contributed by atoms with Crippen molar-refractivity contribution in [3.05, 3.63) is 43.6 Å². The van der Waals surface area contributed by atoms with Gasteiger partial charge in [-0.3, -0.25) is 9.59 Å². The van der Waals surface area contributed by atoms with Gasteiger partial charge in [-0.05, 0) is 46.6 Å². The summed E-state index contributed by atoms with van der Waals surface area (Å²) in [6, 6.07) is 0. The second-order valence-electron chi connectivity index (χ2n) is 6.35. The highest BCUT2D eigenvalue weighted by atomic mass is 32.1. The van der Waals surface area contributed by atoms with Crippen LogP contribution in [0, 0.1) is 27.7 Å². The summed E-state index contributed by atoms with van der Waals surface area (Å²) in [6.45, 7) is 9.22. The molecule has 0 bridgehead atoms. The van der Waals surface area contributed by atoms with Crippen molar-refractivity contribution in [2.24, 2.45) is 0 Å². The third-order valence-electron chi connectivity index (χ3n) is 4.51. The monoisotopic (exact) mass is 375 g/mol. The molecule has 1 N–H and O–H groups in total. The van der Waals surface area contributed by atoms with Gasteiger partial charge in [0.05, 0.1) is 11.1 Å². The molecule has 0 unspecified atom stereocenters. The van der Waals surface area contributed by atoms with Gasteiger partial charge < -0.3 is 14.2 Å². The van der Waals surface area contributed by atoms with Crippen LogP contribution < -0.4 is 5.56 Å². The summed E-state index contributed by atoms with van der Waals surface area (Å²) >= 11 is 1.47. The molecule has 0 saturated carbocycles. The van der Waals surface area contributed by atoms with Gasteiger partial charge in [-0.2, -0.15) is 0 Å². The molecule has 0 saturated heterocycles. The standard InChI is InChI=1S/C18H21N3O4S/c1-8-12(5)26-18-15(8)17(23)19-16(20-18)11(4)24-14(22)7-6-13-9(2)21-25-10(13)3/h11H,6-7H2,1-5H3,(H,19,20,23)/t11-/m1/s1. The molecule has 0 aliphatic heterocycles. The Kier molecular flexibility index (Phi) is 4.95. The van der Waals surface area contributed by atoms with E-state index in [9.17, 15) is 9.59 Å². The maximum Gasteiger partial charge on any atom is 0.306 e. The quantitative estimate of drug-likeness (QED) is 0.686. The van der Waals surface area contributed by atoms with E-state index in [-0.39, 0.29) is 17.9 Å². The van der Waals surface area contributed by atoms with Crippen molar-refractivity contribution in [2.45, 2.75) is 53.6 Å². The molecule has 8 heteroatoms. The molecule has 26 heavy (non-hydrogen) atoms. The van der Waals surface area contributed by atoms with Crippen molar-refractivity contribution in [3.8, 4) is 0 Å². The third-order valence-corrected chi connectivity index (χ3v) is 5.61. The summed E-state index contributed by atoms with van der Waals surface area (Å²) in [5.41, 5.74) is 2.44. The number of aromatic nitrogens is 3. The highest BCUT2D eigenvalue weighted by Gasteiger charge is 2.19. The highest BCUT2D eigenvalue weighted by Crippen LogP contribution is 2.27. The van der Waals surface area contributed by atoms with Gasteiger partial charge in [0, 0.05) is 16.9 Å². The second-order valence-corrected chi connectivity index (χ2v) is 7.55. The fourth-order valence-corrected chi connectivity index (χ4v) is 3.90. The van der Waals surface area contributed by atoms with Crippen LogP contribution in [-0.4, -0.2) is 21.1 Å². The van der Waals surface area contributed by atoms with E-state index in [1.165, 1.54) is 11.3 Å². The molecular weight excluding hydrogens is 354 g/mol. The van der Waals surface area contributed by atoms with Crippen molar-refractivity contribution < 1.29 is 14.1 Å². The van der Waals surface area contributed by atoms with Crippen LogP contribution in [0.25, 0.3) is 10.2 Å². The van der Waals surface area contributed by atoms with Crippen molar-refractivity contribution in [2.75, 3.05) is 0 Å². The predicted molar refractivity (Wildman–Crippen MR) is 98.5 cm³/mol. The van der Waals surface area contributed by atoms with Gasteiger partial charge >= 0.3 is 5.97 Å². The zero-order valence-corrected chi connectivity index (χ0v) is 16.2. The second kappa shape index (κ2) is 7.03. The van der Waals surface area contributed by atoms with Crippen LogP contribution in [0.1, 0.15) is 52.7 Å². The molecule has 3 aromatic heterocycles. The van der Waals surface area contributed by atoms with Crippen LogP contribution in [0.5, 0.6) is 0 Å². The van der Waals surface area contributed by atoms with Gasteiger partial charge in [-0.25, -0.2) is 4.98 Å². The van der Waals surface area contributed by atoms with E-state index in [1.54, 1.807) is 6.92 Å². The van der Waals surface area contributed by atoms with Crippen LogP contribution in [0.4, 0.5) is 0 Å². The van der Waals surface area contributed by atoms with E-state index >= 15 is 0 Å². The topological polar surface area (TPSA) is 98.1 Å². The molecule has 0 aromatic carbocycles. The maximum atomic E-state index is 12.3. The minimum atomic E-state index is -0.632. The first-order valence-electron chi connectivity index (χ1n) is 8.39. The number of aryl methyl sites for hydroxylation is 4. The lowest BCUT2D eigenvalue weighted by Gasteiger charge is -2.12. The molecule has 1 atom stereocenters. The number of thiophene rings is 1. The molecule has 3 aromatic rings. The molecule has 0 amide bonds. The first-order valence-corrected chi connectivity index (χ1v) is 9.20. The normalized spacial score (nSPS) is 12.5. The Bertz CT molecular complexity index is 1010. The number of ether oxygens (including phenoxy) is 1. The number of esters is 1. The first-order chi connectivity index (χ1) is 12.3. The first kappa shape index (κ1) is 18.3. The van der Waals surface area contributed by atoms with Crippen LogP contribution in [-0.2, 0) is 16.0 Å². The van der Waals surface area contributed by atoms with Crippen molar-refractivity contribution >= 4 is 27.5 Å². The van der Waals surface area contributed by atoms with E-state index in [4.69, 9.17) is 9.26 Å². The number of nitrogens with one attached hydrogen (secondary N) is 1. The third kappa shape index (κ3) is 3.41. The molecule has 0 spiro atoms. The van der Waals surface area contributed by atoms with E-state index in [2.05, 4.69) is 15.1 Å². The van der Waals surface area contributed by atoms with Crippen molar-refractivity contribution in [1.29, 1.82) is 0 Å². The Balaban J connectivity index is 1.71. The zero-order chi connectivity index (χ0) is 19.0. The van der Waals surface area contributed by atoms with Crippen molar-refractivity contribution in [3.63, 3.8) is 0 Å². The fourth-order valence-electron chi connectivity index (χ4n) is 2.86. The molecule has 138 valence electrons. The summed E-state index contributed by atoms with van der Waals surface area (Å²) in [7, 11) is 0. The van der Waals surface area contributed by atoms with E-state index in [1.807, 2.05) is 27.7 Å². The maximum absolute atomic E-state index is 12.3. The fraction of sp³-hybridized carbons (Fsp3) is 0.444. The van der Waals surface area contributed by atoms with Gasteiger partial charge in [-0.15, -0.1) is 11.3 Å². The minimum absolute atomic E-state index is 0.203. The molecular formula is C18H21N3O4S. The smallest absolute Gasteiger partial charge is 0.306 e. The highest BCUT2D eigenvalue weighted by molar-refractivity contribution is 7.18. The SMILES string of the molecule is Cc1noc(C)c1CCC(=O)O[C@H](C)c1nc2sc(C)c(C)c2c(=O)[nH]1. The molecule has 0 fully saturated rings. The number of carbonyl (C=O) groups excluding carboxylic acids is 1. The number of fused-ring (bicyclic) bond motifs is 1. The van der Waals surface area contributed by atoms with Gasteiger partial charge in [0.1, 0.15) is 10.6 Å². The summed E-state index contributed by atoms with van der Waals surface area (Å²) in [5, 5.41) is 4.48. The van der Waals surface area contributed by atoms with Gasteiger partial charge in [0.25, 0.3) is 5.56 Å². The summed E-state index contributed by atoms with van der Waals surface area (Å²) in [6.07, 6.45) is 0.0719. The van der Waals surface area contributed by atoms with Crippen molar-refractivity contribution in [1.82, 2.24) is 15.1 Å². The number of hydrogen-bond acceptors (Lipinski definition) is 7. The van der Waals surface area contributed by atoms with Gasteiger partial charge in [0.15, 0.2) is 11.9 Å². The summed E-state index contributed by atoms with van der Waals surface area (Å²) in [5.74, 6) is 0.705. The minimum Gasteiger partial charge on any atom is -0.454 e. The Morgan fingerprint density at radius 2 is 2.04 bits per heavy atom. The van der Waals surface area contributed by atoms with Crippen LogP contribution in [0.3, 0.4) is 0 Å². The average molecular weight is 375 g/mol. The molecule has 0 aliphatic rings.